The minimum Gasteiger partial charge on any atom is -0.497 e. The fourth-order valence-corrected chi connectivity index (χ4v) is 4.23. The minimum atomic E-state index is -0.703. The number of aromatic nitrogens is 2. The predicted octanol–water partition coefficient (Wildman–Crippen LogP) is 2.37. The first-order valence-corrected chi connectivity index (χ1v) is 10.1. The Balaban J connectivity index is 1.34. The second-order valence-electron chi connectivity index (χ2n) is 7.69. The van der Waals surface area contributed by atoms with Crippen molar-refractivity contribution in [2.45, 2.75) is 37.1 Å². The SMILES string of the molecule is COc1cccc(CN[C@H]2[C@H](O)[C@@H](n3cc(-c4ccccc4)cn3)[C@@H]3OC[C@H]2O3)c1. The average Bonchev–Trinajstić information content (AvgIpc) is 3.44. The van der Waals surface area contributed by atoms with Gasteiger partial charge in [0.2, 0.25) is 0 Å². The maximum absolute atomic E-state index is 11.2. The van der Waals surface area contributed by atoms with Gasteiger partial charge < -0.3 is 24.6 Å². The van der Waals surface area contributed by atoms with Crippen LogP contribution >= 0.6 is 0 Å². The van der Waals surface area contributed by atoms with Crippen LogP contribution in [0.1, 0.15) is 11.6 Å². The molecule has 0 unspecified atom stereocenters. The topological polar surface area (TPSA) is 77.8 Å². The molecule has 2 saturated heterocycles. The zero-order chi connectivity index (χ0) is 20.5. The van der Waals surface area contributed by atoms with Gasteiger partial charge in [0.15, 0.2) is 6.29 Å². The summed E-state index contributed by atoms with van der Waals surface area (Å²) in [5.74, 6) is 0.807. The Morgan fingerprint density at radius 1 is 1.17 bits per heavy atom. The quantitative estimate of drug-likeness (QED) is 0.653. The Labute approximate surface area is 175 Å². The van der Waals surface area contributed by atoms with Gasteiger partial charge >= 0.3 is 0 Å². The Kier molecular flexibility index (Phi) is 5.26. The molecular weight excluding hydrogens is 382 g/mol. The highest BCUT2D eigenvalue weighted by molar-refractivity contribution is 5.61. The molecule has 0 saturated carbocycles. The van der Waals surface area contributed by atoms with E-state index in [0.717, 1.165) is 22.4 Å². The van der Waals surface area contributed by atoms with Crippen LogP contribution in [0.4, 0.5) is 0 Å². The first kappa shape index (κ1) is 19.3. The second kappa shape index (κ2) is 8.20. The largest absolute Gasteiger partial charge is 0.497 e. The molecular formula is C23H25N3O4. The summed E-state index contributed by atoms with van der Waals surface area (Å²) in [5, 5.41) is 19.2. The predicted molar refractivity (Wildman–Crippen MR) is 111 cm³/mol. The molecule has 2 N–H and O–H groups in total. The summed E-state index contributed by atoms with van der Waals surface area (Å²) < 4.78 is 19.0. The van der Waals surface area contributed by atoms with E-state index < -0.39 is 18.4 Å². The molecule has 5 rings (SSSR count). The van der Waals surface area contributed by atoms with Crippen molar-refractivity contribution in [3.63, 3.8) is 0 Å². The molecule has 2 aliphatic rings. The highest BCUT2D eigenvalue weighted by atomic mass is 16.7. The monoisotopic (exact) mass is 407 g/mol. The number of hydrogen-bond donors (Lipinski definition) is 2. The van der Waals surface area contributed by atoms with Crippen molar-refractivity contribution >= 4 is 0 Å². The number of benzene rings is 2. The zero-order valence-corrected chi connectivity index (χ0v) is 16.7. The lowest BCUT2D eigenvalue weighted by Gasteiger charge is -2.38. The van der Waals surface area contributed by atoms with Gasteiger partial charge in [0.25, 0.3) is 0 Å². The number of nitrogens with zero attached hydrogens (tertiary/aromatic N) is 2. The summed E-state index contributed by atoms with van der Waals surface area (Å²) in [7, 11) is 1.65. The van der Waals surface area contributed by atoms with Gasteiger partial charge in [0, 0.05) is 18.3 Å². The molecule has 156 valence electrons. The van der Waals surface area contributed by atoms with E-state index in [9.17, 15) is 5.11 Å². The summed E-state index contributed by atoms with van der Waals surface area (Å²) in [4.78, 5) is 0. The van der Waals surface area contributed by atoms with E-state index >= 15 is 0 Å². The number of ether oxygens (including phenoxy) is 3. The van der Waals surface area contributed by atoms with Crippen molar-refractivity contribution in [2.75, 3.05) is 13.7 Å². The third kappa shape index (κ3) is 3.61. The number of fused-ring (bicyclic) bond motifs is 2. The average molecular weight is 407 g/mol. The molecule has 0 radical (unpaired) electrons. The third-order valence-corrected chi connectivity index (χ3v) is 5.82. The number of hydrogen-bond acceptors (Lipinski definition) is 6. The summed E-state index contributed by atoms with van der Waals surface area (Å²) >= 11 is 0. The van der Waals surface area contributed by atoms with Crippen LogP contribution in [0.25, 0.3) is 11.1 Å². The molecule has 30 heavy (non-hydrogen) atoms. The molecule has 5 atom stereocenters. The van der Waals surface area contributed by atoms with Crippen LogP contribution in [0.15, 0.2) is 67.0 Å². The van der Waals surface area contributed by atoms with Gasteiger partial charge in [-0.05, 0) is 23.3 Å². The fourth-order valence-electron chi connectivity index (χ4n) is 4.23. The summed E-state index contributed by atoms with van der Waals surface area (Å²) in [5.41, 5.74) is 3.14. The maximum atomic E-state index is 11.2. The Morgan fingerprint density at radius 2 is 2.03 bits per heavy atom. The van der Waals surface area contributed by atoms with Crippen LogP contribution in [-0.4, -0.2) is 53.1 Å². The molecule has 2 fully saturated rings. The first-order valence-electron chi connectivity index (χ1n) is 10.1. The van der Waals surface area contributed by atoms with Crippen molar-refractivity contribution in [1.82, 2.24) is 15.1 Å². The van der Waals surface area contributed by atoms with Gasteiger partial charge in [-0.3, -0.25) is 4.68 Å². The Morgan fingerprint density at radius 3 is 2.87 bits per heavy atom. The molecule has 1 aromatic heterocycles. The van der Waals surface area contributed by atoms with Crippen molar-refractivity contribution < 1.29 is 19.3 Å². The first-order chi connectivity index (χ1) is 14.7. The number of methoxy groups -OCH3 is 1. The number of aliphatic hydroxyl groups is 1. The van der Waals surface area contributed by atoms with Crippen LogP contribution in [-0.2, 0) is 16.0 Å². The third-order valence-electron chi connectivity index (χ3n) is 5.82. The Bertz CT molecular complexity index is 993. The van der Waals surface area contributed by atoms with Crippen LogP contribution in [0, 0.1) is 0 Å². The molecule has 2 aliphatic heterocycles. The van der Waals surface area contributed by atoms with Crippen molar-refractivity contribution in [3.05, 3.63) is 72.6 Å². The molecule has 3 aromatic rings. The van der Waals surface area contributed by atoms with Gasteiger partial charge in [-0.25, -0.2) is 0 Å². The minimum absolute atomic E-state index is 0.198. The van der Waals surface area contributed by atoms with E-state index in [0.29, 0.717) is 13.2 Å². The lowest BCUT2D eigenvalue weighted by molar-refractivity contribution is -0.168. The zero-order valence-electron chi connectivity index (χ0n) is 16.7. The van der Waals surface area contributed by atoms with E-state index in [2.05, 4.69) is 10.4 Å². The fraction of sp³-hybridized carbons (Fsp3) is 0.348. The number of nitrogens with one attached hydrogen (secondary N) is 1. The standard InChI is InChI=1S/C23H25N3O4/c1-28-18-9-5-6-15(10-18)11-24-20-19-14-29-23(30-19)21(22(20)27)26-13-17(12-25-26)16-7-3-2-4-8-16/h2-10,12-13,19-24,27H,11,14H2,1H3/t19-,20-,21-,22+,23-/m1/s1. The lowest BCUT2D eigenvalue weighted by atomic mass is 9.95. The smallest absolute Gasteiger partial charge is 0.183 e. The number of rotatable bonds is 6. The maximum Gasteiger partial charge on any atom is 0.183 e. The van der Waals surface area contributed by atoms with Gasteiger partial charge in [-0.1, -0.05) is 42.5 Å². The molecule has 0 aliphatic carbocycles. The second-order valence-corrected chi connectivity index (χ2v) is 7.69. The van der Waals surface area contributed by atoms with Crippen molar-refractivity contribution in [3.8, 4) is 16.9 Å². The molecule has 3 heterocycles. The molecule has 0 spiro atoms. The summed E-state index contributed by atoms with van der Waals surface area (Å²) in [6.45, 7) is 1.03. The van der Waals surface area contributed by atoms with Crippen LogP contribution in [0.5, 0.6) is 5.75 Å². The van der Waals surface area contributed by atoms with Crippen LogP contribution in [0.3, 0.4) is 0 Å². The summed E-state index contributed by atoms with van der Waals surface area (Å²) in [6, 6.07) is 17.2. The Hall–Kier alpha value is -2.71. The van der Waals surface area contributed by atoms with Crippen molar-refractivity contribution in [1.29, 1.82) is 0 Å². The van der Waals surface area contributed by atoms with Crippen LogP contribution in [0.2, 0.25) is 0 Å². The van der Waals surface area contributed by atoms with E-state index in [1.807, 2.05) is 67.0 Å². The molecule has 7 nitrogen and oxygen atoms in total. The van der Waals surface area contributed by atoms with Crippen molar-refractivity contribution in [2.24, 2.45) is 0 Å². The lowest BCUT2D eigenvalue weighted by Crippen LogP contribution is -2.57. The van der Waals surface area contributed by atoms with Gasteiger partial charge in [0.1, 0.15) is 17.9 Å². The molecule has 0 amide bonds. The van der Waals surface area contributed by atoms with Gasteiger partial charge in [-0.15, -0.1) is 0 Å². The van der Waals surface area contributed by atoms with E-state index in [4.69, 9.17) is 14.2 Å². The molecule has 2 aromatic carbocycles. The number of aliphatic hydroxyl groups excluding tert-OH is 1. The van der Waals surface area contributed by atoms with E-state index in [1.165, 1.54) is 0 Å². The van der Waals surface area contributed by atoms with E-state index in [1.54, 1.807) is 11.8 Å². The highest BCUT2D eigenvalue weighted by Gasteiger charge is 2.51. The van der Waals surface area contributed by atoms with Crippen LogP contribution < -0.4 is 10.1 Å². The highest BCUT2D eigenvalue weighted by Crippen LogP contribution is 2.36. The van der Waals surface area contributed by atoms with Gasteiger partial charge in [0.05, 0.1) is 32.1 Å². The molecule has 2 bridgehead atoms. The summed E-state index contributed by atoms with van der Waals surface area (Å²) in [6.07, 6.45) is 2.33. The van der Waals surface area contributed by atoms with Gasteiger partial charge in [-0.2, -0.15) is 5.10 Å². The van der Waals surface area contributed by atoms with E-state index in [-0.39, 0.29) is 12.1 Å². The molecule has 7 heteroatoms. The normalized spacial score (nSPS) is 27.9.